The maximum absolute atomic E-state index is 13.9. The molecule has 1 saturated carbocycles. The molecule has 0 radical (unpaired) electrons. The molecule has 10 heteroatoms. The molecular weight excluding hydrogens is 574 g/mol. The molecule has 0 atom stereocenters. The summed E-state index contributed by atoms with van der Waals surface area (Å²) < 4.78 is 2.39. The molecule has 222 valence electrons. The fourth-order valence-electron chi connectivity index (χ4n) is 5.20. The normalized spacial score (nSPS) is 13.9. The fourth-order valence-corrected chi connectivity index (χ4v) is 7.08. The van der Waals surface area contributed by atoms with Crippen molar-refractivity contribution >= 4 is 40.6 Å². The highest BCUT2D eigenvalue weighted by molar-refractivity contribution is 7.98. The van der Waals surface area contributed by atoms with Gasteiger partial charge in [-0.15, -0.1) is 11.3 Å². The summed E-state index contributed by atoms with van der Waals surface area (Å²) in [6, 6.07) is 10.5. The maximum atomic E-state index is 13.9. The number of thioether (sulfide) groups is 1. The molecule has 0 saturated heterocycles. The van der Waals surface area contributed by atoms with E-state index in [2.05, 4.69) is 61.8 Å². The van der Waals surface area contributed by atoms with Crippen LogP contribution >= 0.6 is 34.7 Å². The number of halogens is 1. The summed E-state index contributed by atoms with van der Waals surface area (Å²) in [6.07, 6.45) is 4.07. The predicted molar refractivity (Wildman–Crippen MR) is 170 cm³/mol. The number of carbonyl (C=O) groups excluding carboxylic acids is 1. The van der Waals surface area contributed by atoms with E-state index in [-0.39, 0.29) is 23.9 Å². The molecule has 1 aromatic carbocycles. The zero-order chi connectivity index (χ0) is 29.4. The number of hydrogen-bond acceptors (Lipinski definition) is 7. The van der Waals surface area contributed by atoms with Gasteiger partial charge < -0.3 is 9.80 Å². The van der Waals surface area contributed by atoms with Crippen LogP contribution in [0.5, 0.6) is 0 Å². The van der Waals surface area contributed by atoms with Crippen molar-refractivity contribution in [3.63, 3.8) is 0 Å². The van der Waals surface area contributed by atoms with Crippen LogP contribution in [0.2, 0.25) is 4.34 Å². The van der Waals surface area contributed by atoms with E-state index in [0.29, 0.717) is 35.6 Å². The molecule has 0 unspecified atom stereocenters. The highest BCUT2D eigenvalue weighted by Crippen LogP contribution is 2.32. The van der Waals surface area contributed by atoms with Crippen molar-refractivity contribution in [1.82, 2.24) is 24.6 Å². The number of nitrogens with zero attached hydrogens (tertiary/aromatic N) is 5. The maximum Gasteiger partial charge on any atom is 0.295 e. The van der Waals surface area contributed by atoms with E-state index in [1.807, 2.05) is 16.3 Å². The van der Waals surface area contributed by atoms with E-state index in [1.54, 1.807) is 4.68 Å². The quantitative estimate of drug-likeness (QED) is 0.186. The van der Waals surface area contributed by atoms with Crippen LogP contribution < -0.4 is 5.56 Å². The Kier molecular flexibility index (Phi) is 11.9. The van der Waals surface area contributed by atoms with Gasteiger partial charge in [-0.1, -0.05) is 88.2 Å². The van der Waals surface area contributed by atoms with Crippen molar-refractivity contribution < 1.29 is 4.79 Å². The van der Waals surface area contributed by atoms with E-state index >= 15 is 0 Å². The second kappa shape index (κ2) is 15.3. The third kappa shape index (κ3) is 8.89. The Hall–Kier alpha value is -2.20. The van der Waals surface area contributed by atoms with Crippen LogP contribution in [-0.2, 0) is 23.6 Å². The second-order valence-electron chi connectivity index (χ2n) is 11.0. The number of rotatable bonds is 14. The van der Waals surface area contributed by atoms with E-state index < -0.39 is 0 Å². The van der Waals surface area contributed by atoms with Gasteiger partial charge in [0, 0.05) is 31.3 Å². The summed E-state index contributed by atoms with van der Waals surface area (Å²) >= 11 is 9.03. The van der Waals surface area contributed by atoms with Crippen molar-refractivity contribution in [2.75, 3.05) is 26.2 Å². The predicted octanol–water partition coefficient (Wildman–Crippen LogP) is 6.80. The molecule has 4 rings (SSSR count). The molecule has 2 heterocycles. The monoisotopic (exact) mass is 615 g/mol. The Morgan fingerprint density at radius 1 is 1.12 bits per heavy atom. The van der Waals surface area contributed by atoms with Crippen LogP contribution in [0.25, 0.3) is 0 Å². The number of carbonyl (C=O) groups is 1. The SMILES string of the molecule is CCN(CC)CCN(Cc1ccc(C(C)C)cc1)C(=O)Cn1nc(C2CCCC2)c(=O)nc1SCc1csc(Cl)c1. The van der Waals surface area contributed by atoms with E-state index in [9.17, 15) is 9.59 Å². The first kappa shape index (κ1) is 31.7. The van der Waals surface area contributed by atoms with Gasteiger partial charge in [-0.25, -0.2) is 4.68 Å². The van der Waals surface area contributed by atoms with Gasteiger partial charge in [-0.05, 0) is 60.0 Å². The van der Waals surface area contributed by atoms with Crippen LogP contribution in [0, 0.1) is 0 Å². The number of thiophene rings is 1. The first-order chi connectivity index (χ1) is 19.8. The molecule has 7 nitrogen and oxygen atoms in total. The van der Waals surface area contributed by atoms with Gasteiger partial charge >= 0.3 is 0 Å². The minimum atomic E-state index is -0.268. The highest BCUT2D eigenvalue weighted by Gasteiger charge is 2.25. The van der Waals surface area contributed by atoms with Crippen LogP contribution in [0.1, 0.15) is 87.6 Å². The average molecular weight is 616 g/mol. The summed E-state index contributed by atoms with van der Waals surface area (Å²) in [7, 11) is 0. The van der Waals surface area contributed by atoms with Gasteiger partial charge in [0.05, 0.1) is 4.34 Å². The summed E-state index contributed by atoms with van der Waals surface area (Å²) in [4.78, 5) is 35.7. The minimum Gasteiger partial charge on any atom is -0.335 e. The van der Waals surface area contributed by atoms with Crippen LogP contribution in [-0.4, -0.2) is 56.7 Å². The minimum absolute atomic E-state index is 0.0270. The number of benzene rings is 1. The second-order valence-corrected chi connectivity index (χ2v) is 13.5. The molecule has 0 spiro atoms. The van der Waals surface area contributed by atoms with E-state index in [0.717, 1.165) is 60.8 Å². The van der Waals surface area contributed by atoms with Crippen LogP contribution in [0.15, 0.2) is 45.7 Å². The lowest BCUT2D eigenvalue weighted by Gasteiger charge is -2.27. The van der Waals surface area contributed by atoms with Crippen LogP contribution in [0.3, 0.4) is 0 Å². The summed E-state index contributed by atoms with van der Waals surface area (Å²) in [5, 5.41) is 7.27. The Balaban J connectivity index is 1.59. The van der Waals surface area contributed by atoms with Gasteiger partial charge in [0.1, 0.15) is 12.2 Å². The standard InChI is InChI=1S/C31H42ClN5O2S2/c1-5-35(6-2)15-16-36(18-23-11-13-25(14-12-23)22(3)4)28(38)19-37-31(41-21-24-17-27(32)40-20-24)33-30(39)29(34-37)26-9-7-8-10-26/h11-14,17,20,22,26H,5-10,15-16,18-19,21H2,1-4H3. The van der Waals surface area contributed by atoms with Gasteiger partial charge in [0.2, 0.25) is 5.91 Å². The molecular formula is C31H42ClN5O2S2. The zero-order valence-electron chi connectivity index (χ0n) is 24.6. The largest absolute Gasteiger partial charge is 0.335 e. The Morgan fingerprint density at radius 3 is 2.44 bits per heavy atom. The number of hydrogen-bond donors (Lipinski definition) is 0. The Bertz CT molecular complexity index is 1330. The molecule has 2 aromatic heterocycles. The lowest BCUT2D eigenvalue weighted by molar-refractivity contribution is -0.133. The average Bonchev–Trinajstić information content (AvgIpc) is 3.65. The summed E-state index contributed by atoms with van der Waals surface area (Å²) in [5.74, 6) is 1.14. The molecule has 1 aliphatic carbocycles. The summed E-state index contributed by atoms with van der Waals surface area (Å²) in [5.41, 5.74) is 3.67. The Morgan fingerprint density at radius 2 is 1.83 bits per heavy atom. The van der Waals surface area contributed by atoms with Crippen LogP contribution in [0.4, 0.5) is 0 Å². The van der Waals surface area contributed by atoms with Gasteiger partial charge in [-0.3, -0.25) is 9.59 Å². The number of likely N-dealkylation sites (N-methyl/N-ethyl adjacent to an activating group) is 1. The van der Waals surface area contributed by atoms with Gasteiger partial charge in [0.25, 0.3) is 5.56 Å². The molecule has 1 aliphatic rings. The zero-order valence-corrected chi connectivity index (χ0v) is 27.0. The molecule has 1 amide bonds. The van der Waals surface area contributed by atoms with Crippen molar-refractivity contribution in [2.24, 2.45) is 0 Å². The summed E-state index contributed by atoms with van der Waals surface area (Å²) in [6.45, 7) is 12.5. The Labute approximate surface area is 257 Å². The fraction of sp³-hybridized carbons (Fsp3) is 0.548. The van der Waals surface area contributed by atoms with E-state index in [1.165, 1.54) is 28.7 Å². The molecule has 0 aliphatic heterocycles. The molecule has 0 bridgehead atoms. The molecule has 41 heavy (non-hydrogen) atoms. The third-order valence-electron chi connectivity index (χ3n) is 7.84. The lowest BCUT2D eigenvalue weighted by Crippen LogP contribution is -2.40. The first-order valence-corrected chi connectivity index (χ1v) is 16.9. The highest BCUT2D eigenvalue weighted by atomic mass is 35.5. The van der Waals surface area contributed by atoms with Gasteiger partial charge in [-0.2, -0.15) is 10.1 Å². The van der Waals surface area contributed by atoms with Crippen molar-refractivity contribution in [3.05, 3.63) is 72.8 Å². The smallest absolute Gasteiger partial charge is 0.295 e. The van der Waals surface area contributed by atoms with Crippen molar-refractivity contribution in [1.29, 1.82) is 0 Å². The molecule has 1 fully saturated rings. The topological polar surface area (TPSA) is 71.3 Å². The number of amides is 1. The van der Waals surface area contributed by atoms with Crippen molar-refractivity contribution in [2.45, 2.75) is 89.2 Å². The first-order valence-electron chi connectivity index (χ1n) is 14.7. The molecule has 0 N–H and O–H groups in total. The van der Waals surface area contributed by atoms with E-state index in [4.69, 9.17) is 16.7 Å². The third-order valence-corrected chi connectivity index (χ3v) is 10.0. The number of aromatic nitrogens is 3. The van der Waals surface area contributed by atoms with Gasteiger partial charge in [0.15, 0.2) is 5.16 Å². The lowest BCUT2D eigenvalue weighted by atomic mass is 10.0. The molecule has 3 aromatic rings. The van der Waals surface area contributed by atoms with Crippen molar-refractivity contribution in [3.8, 4) is 0 Å².